The number of carbonyl (C=O) groups is 1. The number of alkyl carbamates (subject to hydrolysis) is 1. The molecule has 2 aromatic heterocycles. The molecule has 0 aliphatic heterocycles. The van der Waals surface area contributed by atoms with Crippen LogP contribution in [0, 0.1) is 17.0 Å². The Morgan fingerprint density at radius 2 is 1.98 bits per heavy atom. The van der Waals surface area contributed by atoms with E-state index < -0.39 is 11.0 Å². The molecule has 0 atom stereocenters. The van der Waals surface area contributed by atoms with Crippen LogP contribution in [0.3, 0.4) is 0 Å². The van der Waals surface area contributed by atoms with Crippen molar-refractivity contribution in [2.45, 2.75) is 40.5 Å². The van der Waals surface area contributed by atoms with Crippen LogP contribution in [0.15, 0.2) is 71.9 Å². The third-order valence-corrected chi connectivity index (χ3v) is 6.39. The zero-order valence-corrected chi connectivity index (χ0v) is 26.1. The first-order chi connectivity index (χ1) is 20.6. The predicted octanol–water partition coefficient (Wildman–Crippen LogP) is 5.69. The number of aryl methyl sites for hydroxylation is 1. The lowest BCUT2D eigenvalue weighted by Crippen LogP contribution is -2.30. The molecule has 14 heteroatoms. The molecule has 0 radical (unpaired) electrons. The number of carbonyl (C=O) groups excluding carboxylic acids is 1. The summed E-state index contributed by atoms with van der Waals surface area (Å²) in [5.74, 6) is 0.456. The van der Waals surface area contributed by atoms with Gasteiger partial charge in [0.2, 0.25) is 0 Å². The maximum absolute atomic E-state index is 11.2. The maximum atomic E-state index is 11.2. The molecular weight excluding hydrogens is 597 g/mol. The smallest absolute Gasteiger partial charge is 0.407 e. The van der Waals surface area contributed by atoms with Gasteiger partial charge in [-0.2, -0.15) is 0 Å². The lowest BCUT2D eigenvalue weighted by atomic mass is 10.1. The van der Waals surface area contributed by atoms with Crippen molar-refractivity contribution in [3.8, 4) is 0 Å². The predicted molar refractivity (Wildman–Crippen MR) is 166 cm³/mol. The number of nitro groups is 1. The normalized spacial score (nSPS) is 11.1. The zero-order valence-electron chi connectivity index (χ0n) is 24.6. The van der Waals surface area contributed by atoms with Gasteiger partial charge < -0.3 is 25.1 Å². The molecule has 0 aliphatic rings. The van der Waals surface area contributed by atoms with Crippen LogP contribution in [0.5, 0.6) is 0 Å². The second-order valence-electron chi connectivity index (χ2n) is 8.92. The number of methoxy groups -OCH3 is 1. The van der Waals surface area contributed by atoms with Gasteiger partial charge in [-0.05, 0) is 67.8 Å². The van der Waals surface area contributed by atoms with Gasteiger partial charge in [0, 0.05) is 43.6 Å². The molecule has 0 unspecified atom stereocenters. The summed E-state index contributed by atoms with van der Waals surface area (Å²) in [6, 6.07) is 14.7. The van der Waals surface area contributed by atoms with E-state index in [-0.39, 0.29) is 6.54 Å². The van der Waals surface area contributed by atoms with E-state index in [2.05, 4.69) is 30.5 Å². The Balaban J connectivity index is 0.000000317. The molecule has 1 aromatic carbocycles. The number of ether oxygens (including phenoxy) is 1. The number of rotatable bonds is 12. The Morgan fingerprint density at radius 3 is 2.58 bits per heavy atom. The largest absolute Gasteiger partial charge is 0.453 e. The van der Waals surface area contributed by atoms with Crippen molar-refractivity contribution in [2.75, 3.05) is 20.7 Å². The minimum Gasteiger partial charge on any atom is -0.453 e. The number of aromatic nitrogens is 2. The van der Waals surface area contributed by atoms with E-state index >= 15 is 0 Å². The molecule has 43 heavy (non-hydrogen) atoms. The fraction of sp³-hybridized carbons (Fsp3) is 0.310. The number of amides is 1. The summed E-state index contributed by atoms with van der Waals surface area (Å²) in [7, 11) is 2.96. The Hall–Kier alpha value is -4.42. The van der Waals surface area contributed by atoms with Crippen molar-refractivity contribution in [3.05, 3.63) is 115 Å². The van der Waals surface area contributed by atoms with Crippen LogP contribution in [-0.4, -0.2) is 52.3 Å². The summed E-state index contributed by atoms with van der Waals surface area (Å²) in [5.41, 5.74) is 5.00. The molecule has 0 fully saturated rings. The van der Waals surface area contributed by atoms with Gasteiger partial charge in [0.1, 0.15) is 5.15 Å². The van der Waals surface area contributed by atoms with Crippen molar-refractivity contribution in [1.82, 2.24) is 25.5 Å². The third-order valence-electron chi connectivity index (χ3n) is 5.80. The average Bonchev–Trinajstić information content (AvgIpc) is 2.99. The van der Waals surface area contributed by atoms with Crippen LogP contribution in [-0.2, 0) is 29.3 Å². The first-order valence-corrected chi connectivity index (χ1v) is 13.9. The Morgan fingerprint density at radius 1 is 1.21 bits per heavy atom. The SMILES string of the molecule is CCN(Cc1ccc(Cl)nc1)/C(=C/[N+](=O)[O-])NC.COC(=O)NCc1cc(/C(C)=N/OCc2cccc(C)n2)ccc1Cl. The van der Waals surface area contributed by atoms with Crippen molar-refractivity contribution in [2.24, 2.45) is 5.16 Å². The number of pyridine rings is 2. The first-order valence-electron chi connectivity index (χ1n) is 13.1. The lowest BCUT2D eigenvalue weighted by Gasteiger charge is -2.23. The van der Waals surface area contributed by atoms with Crippen LogP contribution >= 0.6 is 23.2 Å². The Kier molecular flexibility index (Phi) is 14.7. The molecule has 2 N–H and O–H groups in total. The van der Waals surface area contributed by atoms with Crippen LogP contribution in [0.1, 0.15) is 41.9 Å². The third kappa shape index (κ3) is 12.5. The van der Waals surface area contributed by atoms with Crippen molar-refractivity contribution >= 4 is 35.0 Å². The average molecular weight is 633 g/mol. The number of hydrogen-bond acceptors (Lipinski definition) is 10. The minimum absolute atomic E-state index is 0.265. The summed E-state index contributed by atoms with van der Waals surface area (Å²) >= 11 is 11.9. The van der Waals surface area contributed by atoms with Crippen molar-refractivity contribution < 1.29 is 19.3 Å². The highest BCUT2D eigenvalue weighted by atomic mass is 35.5. The lowest BCUT2D eigenvalue weighted by molar-refractivity contribution is -0.404. The molecule has 3 aromatic rings. The van der Waals surface area contributed by atoms with Gasteiger partial charge in [0.15, 0.2) is 12.4 Å². The van der Waals surface area contributed by atoms with Gasteiger partial charge in [-0.1, -0.05) is 46.6 Å². The highest BCUT2D eigenvalue weighted by Crippen LogP contribution is 2.18. The maximum Gasteiger partial charge on any atom is 0.407 e. The zero-order chi connectivity index (χ0) is 31.8. The highest BCUT2D eigenvalue weighted by Gasteiger charge is 2.11. The standard InChI is InChI=1S/C18H20ClN3O3.C11H15ClN4O2/c1-12-5-4-6-16(21-12)11-25-22-13(2)14-7-8-17(19)15(9-14)10-20-18(23)24-3;1-3-15(11(13-2)8-16(17)18)7-9-4-5-10(12)14-6-9/h4-9H,10-11H2,1-3H3,(H,20,23);4-6,8,13H,3,7H2,1-2H3/b22-13+;11-8+. The fourth-order valence-corrected chi connectivity index (χ4v) is 3.89. The summed E-state index contributed by atoms with van der Waals surface area (Å²) in [5, 5.41) is 21.0. The molecular formula is C29H35Cl2N7O5. The molecule has 0 bridgehead atoms. The van der Waals surface area contributed by atoms with E-state index in [1.165, 1.54) is 7.11 Å². The molecule has 0 saturated carbocycles. The van der Waals surface area contributed by atoms with Crippen LogP contribution < -0.4 is 10.6 Å². The molecule has 0 aliphatic carbocycles. The van der Waals surface area contributed by atoms with Gasteiger partial charge in [-0.3, -0.25) is 15.1 Å². The van der Waals surface area contributed by atoms with Gasteiger partial charge in [-0.15, -0.1) is 0 Å². The molecule has 230 valence electrons. The molecule has 12 nitrogen and oxygen atoms in total. The second-order valence-corrected chi connectivity index (χ2v) is 9.72. The molecule has 2 heterocycles. The molecule has 0 spiro atoms. The Labute approximate surface area is 260 Å². The van der Waals surface area contributed by atoms with E-state index in [0.29, 0.717) is 41.4 Å². The summed E-state index contributed by atoms with van der Waals surface area (Å²) < 4.78 is 4.55. The van der Waals surface area contributed by atoms with Crippen molar-refractivity contribution in [3.63, 3.8) is 0 Å². The quantitative estimate of drug-likeness (QED) is 0.111. The molecule has 1 amide bonds. The van der Waals surface area contributed by atoms with E-state index in [4.69, 9.17) is 28.0 Å². The first kappa shape index (κ1) is 34.8. The summed E-state index contributed by atoms with van der Waals surface area (Å²) in [4.78, 5) is 36.8. The molecule has 3 rings (SSSR count). The number of halogens is 2. The van der Waals surface area contributed by atoms with Gasteiger partial charge in [-0.25, -0.2) is 9.78 Å². The number of hydrogen-bond donors (Lipinski definition) is 2. The van der Waals surface area contributed by atoms with E-state index in [1.54, 1.807) is 25.4 Å². The minimum atomic E-state index is -0.513. The van der Waals surface area contributed by atoms with E-state index in [9.17, 15) is 14.9 Å². The summed E-state index contributed by atoms with van der Waals surface area (Å²) in [6.07, 6.45) is 2.10. The van der Waals surface area contributed by atoms with E-state index in [1.807, 2.05) is 62.1 Å². The van der Waals surface area contributed by atoms with Gasteiger partial charge in [0.05, 0.1) is 23.4 Å². The monoisotopic (exact) mass is 631 g/mol. The molecule has 0 saturated heterocycles. The topological polar surface area (TPSA) is 144 Å². The summed E-state index contributed by atoms with van der Waals surface area (Å²) in [6.45, 7) is 7.42. The second kappa shape index (κ2) is 18.2. The van der Waals surface area contributed by atoms with Crippen LogP contribution in [0.25, 0.3) is 0 Å². The Bertz CT molecular complexity index is 1420. The van der Waals surface area contributed by atoms with E-state index in [0.717, 1.165) is 34.3 Å². The van der Waals surface area contributed by atoms with Gasteiger partial charge >= 0.3 is 6.09 Å². The number of benzene rings is 1. The van der Waals surface area contributed by atoms with Gasteiger partial charge in [0.25, 0.3) is 6.20 Å². The fourth-order valence-electron chi connectivity index (χ4n) is 3.59. The van der Waals surface area contributed by atoms with Crippen molar-refractivity contribution in [1.29, 1.82) is 0 Å². The highest BCUT2D eigenvalue weighted by molar-refractivity contribution is 6.31. The number of nitrogens with one attached hydrogen (secondary N) is 2. The number of nitrogens with zero attached hydrogens (tertiary/aromatic N) is 5. The number of oxime groups is 1. The van der Waals surface area contributed by atoms with Crippen LogP contribution in [0.2, 0.25) is 10.2 Å². The van der Waals surface area contributed by atoms with Crippen LogP contribution in [0.4, 0.5) is 4.79 Å².